The quantitative estimate of drug-likeness (QED) is 0.267. The van der Waals surface area contributed by atoms with Gasteiger partial charge in [0.05, 0.1) is 0 Å². The van der Waals surface area contributed by atoms with Crippen LogP contribution in [0.25, 0.3) is 0 Å². The number of rotatable bonds is 0. The first kappa shape index (κ1) is 9.62. The van der Waals surface area contributed by atoms with Gasteiger partial charge in [-0.05, 0) is 31.6 Å². The maximum absolute atomic E-state index is 8.70. The minimum absolute atomic E-state index is 0.307. The highest BCUT2D eigenvalue weighted by Gasteiger charge is 2.34. The van der Waals surface area contributed by atoms with Gasteiger partial charge >= 0.3 is 0 Å². The van der Waals surface area contributed by atoms with E-state index in [-0.39, 0.29) is 0 Å². The molecule has 1 aliphatic carbocycles. The van der Waals surface area contributed by atoms with E-state index >= 15 is 0 Å². The van der Waals surface area contributed by atoms with E-state index in [1.165, 1.54) is 38.5 Å². The Morgan fingerprint density at radius 2 is 1.93 bits per heavy atom. The molecule has 1 saturated heterocycles. The lowest BCUT2D eigenvalue weighted by atomic mass is 9.78. The van der Waals surface area contributed by atoms with Gasteiger partial charge in [0.15, 0.2) is 0 Å². The van der Waals surface area contributed by atoms with Gasteiger partial charge < -0.3 is 15.8 Å². The van der Waals surface area contributed by atoms with Crippen LogP contribution in [0.5, 0.6) is 0 Å². The number of fused-ring (bicyclic) bond motifs is 1. The number of nitrogens with zero attached hydrogens (tertiary/aromatic N) is 2. The summed E-state index contributed by atoms with van der Waals surface area (Å²) in [5.41, 5.74) is 5.68. The fraction of sp³-hybridized carbons (Fsp3) is 0.900. The zero-order valence-electron chi connectivity index (χ0n) is 8.52. The molecule has 0 unspecified atom stereocenters. The molecule has 0 aromatic heterocycles. The maximum atomic E-state index is 8.70. The van der Waals surface area contributed by atoms with Crippen molar-refractivity contribution in [2.75, 3.05) is 6.54 Å². The monoisotopic (exact) mass is 197 g/mol. The maximum Gasteiger partial charge on any atom is 0.233 e. The Labute approximate surface area is 84.8 Å². The molecule has 14 heavy (non-hydrogen) atoms. The van der Waals surface area contributed by atoms with Crippen LogP contribution < -0.4 is 5.73 Å². The molecule has 2 fully saturated rings. The molecule has 2 rings (SSSR count). The zero-order valence-corrected chi connectivity index (χ0v) is 8.52. The summed E-state index contributed by atoms with van der Waals surface area (Å²) in [5.74, 6) is 1.08. The van der Waals surface area contributed by atoms with E-state index in [9.17, 15) is 0 Å². The topological polar surface area (TPSA) is 61.9 Å². The first-order valence-electron chi connectivity index (χ1n) is 5.57. The predicted octanol–water partition coefficient (Wildman–Crippen LogP) is 1.34. The van der Waals surface area contributed by atoms with Crippen LogP contribution >= 0.6 is 0 Å². The molecule has 1 saturated carbocycles. The molecule has 0 amide bonds. The fourth-order valence-electron chi connectivity index (χ4n) is 2.97. The third-order valence-electron chi connectivity index (χ3n) is 3.64. The molecule has 2 aliphatic rings. The molecular formula is C10H19N3O. The minimum atomic E-state index is 0.307. The van der Waals surface area contributed by atoms with E-state index in [2.05, 4.69) is 10.1 Å². The van der Waals surface area contributed by atoms with Gasteiger partial charge in [0.2, 0.25) is 5.96 Å². The Morgan fingerprint density at radius 1 is 1.21 bits per heavy atom. The SMILES string of the molecule is NC(=NO)N1CCC[C@H]2CCCC[C@H]21. The average Bonchev–Trinajstić information content (AvgIpc) is 2.27. The molecule has 3 N–H and O–H groups in total. The molecule has 0 spiro atoms. The Hall–Kier alpha value is -0.930. The van der Waals surface area contributed by atoms with E-state index < -0.39 is 0 Å². The summed E-state index contributed by atoms with van der Waals surface area (Å²) in [6.07, 6.45) is 7.67. The molecule has 1 heterocycles. The lowest BCUT2D eigenvalue weighted by molar-refractivity contribution is 0.114. The van der Waals surface area contributed by atoms with Gasteiger partial charge in [0.1, 0.15) is 0 Å². The van der Waals surface area contributed by atoms with Gasteiger partial charge in [-0.25, -0.2) is 0 Å². The number of hydrogen-bond acceptors (Lipinski definition) is 2. The molecule has 4 nitrogen and oxygen atoms in total. The normalized spacial score (nSPS) is 34.0. The summed E-state index contributed by atoms with van der Waals surface area (Å²) in [6, 6.07) is 0.536. The Balaban J connectivity index is 2.08. The number of likely N-dealkylation sites (tertiary alicyclic amines) is 1. The zero-order chi connectivity index (χ0) is 9.97. The van der Waals surface area contributed by atoms with Crippen LogP contribution in [-0.2, 0) is 0 Å². The number of guanidine groups is 1. The summed E-state index contributed by atoms with van der Waals surface area (Å²) in [6.45, 7) is 0.955. The van der Waals surface area contributed by atoms with Crippen molar-refractivity contribution in [2.24, 2.45) is 16.8 Å². The van der Waals surface area contributed by atoms with Crippen molar-refractivity contribution in [3.63, 3.8) is 0 Å². The predicted molar refractivity (Wildman–Crippen MR) is 55.1 cm³/mol. The van der Waals surface area contributed by atoms with Crippen molar-refractivity contribution >= 4 is 5.96 Å². The van der Waals surface area contributed by atoms with Crippen LogP contribution in [0.3, 0.4) is 0 Å². The minimum Gasteiger partial charge on any atom is -0.408 e. The van der Waals surface area contributed by atoms with Crippen LogP contribution in [-0.4, -0.2) is 28.7 Å². The molecule has 0 aromatic carbocycles. The number of hydrogen-bond donors (Lipinski definition) is 2. The summed E-state index contributed by atoms with van der Waals surface area (Å²) >= 11 is 0. The molecule has 0 radical (unpaired) electrons. The van der Waals surface area contributed by atoms with Crippen molar-refractivity contribution in [1.82, 2.24) is 4.90 Å². The summed E-state index contributed by atoms with van der Waals surface area (Å²) < 4.78 is 0. The molecule has 4 heteroatoms. The highest BCUT2D eigenvalue weighted by atomic mass is 16.4. The third-order valence-corrected chi connectivity index (χ3v) is 3.64. The number of oxime groups is 1. The Kier molecular flexibility index (Phi) is 2.79. The second-order valence-corrected chi connectivity index (χ2v) is 4.41. The highest BCUT2D eigenvalue weighted by Crippen LogP contribution is 2.34. The molecule has 2 atom stereocenters. The number of nitrogens with two attached hydrogens (primary N) is 1. The van der Waals surface area contributed by atoms with Crippen molar-refractivity contribution in [1.29, 1.82) is 0 Å². The Morgan fingerprint density at radius 3 is 2.71 bits per heavy atom. The average molecular weight is 197 g/mol. The van der Waals surface area contributed by atoms with Crippen LogP contribution in [0.15, 0.2) is 5.16 Å². The van der Waals surface area contributed by atoms with Crippen LogP contribution in [0.2, 0.25) is 0 Å². The van der Waals surface area contributed by atoms with Crippen LogP contribution in [0.4, 0.5) is 0 Å². The third kappa shape index (κ3) is 1.65. The first-order chi connectivity index (χ1) is 6.83. The van der Waals surface area contributed by atoms with Gasteiger partial charge in [-0.1, -0.05) is 18.0 Å². The van der Waals surface area contributed by atoms with Crippen molar-refractivity contribution in [2.45, 2.75) is 44.6 Å². The summed E-state index contributed by atoms with van der Waals surface area (Å²) in [5, 5.41) is 11.8. The number of piperidine rings is 1. The first-order valence-corrected chi connectivity index (χ1v) is 5.57. The van der Waals surface area contributed by atoms with Crippen molar-refractivity contribution in [3.8, 4) is 0 Å². The fourth-order valence-corrected chi connectivity index (χ4v) is 2.97. The molecule has 0 aromatic rings. The lowest BCUT2D eigenvalue weighted by Gasteiger charge is -2.44. The second kappa shape index (κ2) is 4.07. The standard InChI is InChI=1S/C10H19N3O/c11-10(12-14)13-7-3-5-8-4-1-2-6-9(8)13/h8-9,14H,1-7H2,(H2,11,12)/t8-,9-/m1/s1. The summed E-state index contributed by atoms with van der Waals surface area (Å²) in [4.78, 5) is 2.09. The second-order valence-electron chi connectivity index (χ2n) is 4.41. The highest BCUT2D eigenvalue weighted by molar-refractivity contribution is 5.77. The smallest absolute Gasteiger partial charge is 0.233 e. The van der Waals surface area contributed by atoms with Crippen LogP contribution in [0, 0.1) is 5.92 Å². The van der Waals surface area contributed by atoms with Crippen molar-refractivity contribution < 1.29 is 5.21 Å². The van der Waals surface area contributed by atoms with E-state index in [0.717, 1.165) is 12.5 Å². The Bertz CT molecular complexity index is 227. The summed E-state index contributed by atoms with van der Waals surface area (Å²) in [7, 11) is 0. The van der Waals surface area contributed by atoms with Gasteiger partial charge in [-0.2, -0.15) is 0 Å². The van der Waals surface area contributed by atoms with Crippen LogP contribution in [0.1, 0.15) is 38.5 Å². The van der Waals surface area contributed by atoms with Gasteiger partial charge in [-0.15, -0.1) is 0 Å². The molecule has 0 bridgehead atoms. The van der Waals surface area contributed by atoms with Crippen molar-refractivity contribution in [3.05, 3.63) is 0 Å². The van der Waals surface area contributed by atoms with E-state index in [1.54, 1.807) is 0 Å². The van der Waals surface area contributed by atoms with Gasteiger partial charge in [0, 0.05) is 12.6 Å². The molecule has 80 valence electrons. The van der Waals surface area contributed by atoms with E-state index in [4.69, 9.17) is 10.9 Å². The largest absolute Gasteiger partial charge is 0.408 e. The molecule has 1 aliphatic heterocycles. The van der Waals surface area contributed by atoms with Gasteiger partial charge in [-0.3, -0.25) is 0 Å². The van der Waals surface area contributed by atoms with E-state index in [0.29, 0.717) is 12.0 Å². The van der Waals surface area contributed by atoms with E-state index in [1.807, 2.05) is 0 Å². The van der Waals surface area contributed by atoms with Gasteiger partial charge in [0.25, 0.3) is 0 Å². The lowest BCUT2D eigenvalue weighted by Crippen LogP contribution is -2.52. The molecular weight excluding hydrogens is 178 g/mol.